The first kappa shape index (κ1) is 13.4. The summed E-state index contributed by atoms with van der Waals surface area (Å²) >= 11 is 5.81. The number of aromatic nitrogens is 1. The van der Waals surface area contributed by atoms with Crippen molar-refractivity contribution >= 4 is 17.6 Å². The van der Waals surface area contributed by atoms with E-state index in [4.69, 9.17) is 21.4 Å². The van der Waals surface area contributed by atoms with Crippen LogP contribution in [0.25, 0.3) is 0 Å². The number of pyridine rings is 1. The minimum atomic E-state index is -0.864. The van der Waals surface area contributed by atoms with Gasteiger partial charge in [-0.1, -0.05) is 35.9 Å². The molecule has 2 aromatic rings. The predicted octanol–water partition coefficient (Wildman–Crippen LogP) is 2.94. The zero-order valence-corrected chi connectivity index (χ0v) is 10.8. The molecule has 1 heterocycles. The summed E-state index contributed by atoms with van der Waals surface area (Å²) in [6.07, 6.45) is 3.06. The summed E-state index contributed by atoms with van der Waals surface area (Å²) in [5.41, 5.74) is 1.58. The summed E-state index contributed by atoms with van der Waals surface area (Å²) < 4.78 is 5.56. The van der Waals surface area contributed by atoms with Gasteiger partial charge in [-0.3, -0.25) is 9.78 Å². The summed E-state index contributed by atoms with van der Waals surface area (Å²) in [6, 6.07) is 8.94. The molecule has 0 atom stereocenters. The van der Waals surface area contributed by atoms with Crippen LogP contribution in [0.2, 0.25) is 5.02 Å². The van der Waals surface area contributed by atoms with Gasteiger partial charge in [0.2, 0.25) is 0 Å². The summed E-state index contributed by atoms with van der Waals surface area (Å²) in [7, 11) is 0. The van der Waals surface area contributed by atoms with Crippen molar-refractivity contribution < 1.29 is 14.6 Å². The van der Waals surface area contributed by atoms with Crippen molar-refractivity contribution in [3.63, 3.8) is 0 Å². The van der Waals surface area contributed by atoms with E-state index in [1.807, 2.05) is 18.2 Å². The number of halogens is 1. The molecule has 0 amide bonds. The standard InChI is InChI=1S/C14H12ClNO3/c15-12-6-13(8-16-7-12)19-9-11-4-2-1-3-10(11)5-14(17)18/h1-4,6-8H,5,9H2,(H,17,18). The molecule has 0 saturated heterocycles. The molecule has 0 spiro atoms. The third-order valence-electron chi connectivity index (χ3n) is 2.53. The van der Waals surface area contributed by atoms with E-state index in [9.17, 15) is 4.79 Å². The van der Waals surface area contributed by atoms with Crippen LogP contribution in [0.3, 0.4) is 0 Å². The van der Waals surface area contributed by atoms with E-state index in [1.165, 1.54) is 6.20 Å². The van der Waals surface area contributed by atoms with Crippen LogP contribution in [0.1, 0.15) is 11.1 Å². The average molecular weight is 278 g/mol. The second kappa shape index (κ2) is 6.20. The first-order valence-electron chi connectivity index (χ1n) is 5.67. The van der Waals surface area contributed by atoms with Crippen LogP contribution in [0.5, 0.6) is 5.75 Å². The SMILES string of the molecule is O=C(O)Cc1ccccc1COc1cncc(Cl)c1. The molecule has 0 aliphatic rings. The van der Waals surface area contributed by atoms with Crippen LogP contribution in [-0.4, -0.2) is 16.1 Å². The van der Waals surface area contributed by atoms with Crippen molar-refractivity contribution in [1.29, 1.82) is 0 Å². The molecule has 19 heavy (non-hydrogen) atoms. The lowest BCUT2D eigenvalue weighted by Crippen LogP contribution is -2.05. The molecule has 0 aliphatic heterocycles. The molecule has 1 aromatic heterocycles. The summed E-state index contributed by atoms with van der Waals surface area (Å²) in [5, 5.41) is 9.34. The fraction of sp³-hybridized carbons (Fsp3) is 0.143. The second-order valence-corrected chi connectivity index (χ2v) is 4.40. The van der Waals surface area contributed by atoms with Crippen molar-refractivity contribution in [3.05, 3.63) is 58.9 Å². The first-order valence-corrected chi connectivity index (χ1v) is 6.05. The number of aliphatic carboxylic acids is 1. The Labute approximate surface area is 115 Å². The zero-order chi connectivity index (χ0) is 13.7. The van der Waals surface area contributed by atoms with Crippen molar-refractivity contribution in [2.75, 3.05) is 0 Å². The Bertz CT molecular complexity index is 586. The number of nitrogens with zero attached hydrogens (tertiary/aromatic N) is 1. The van der Waals surface area contributed by atoms with E-state index in [0.29, 0.717) is 10.8 Å². The van der Waals surface area contributed by atoms with Gasteiger partial charge < -0.3 is 9.84 Å². The van der Waals surface area contributed by atoms with Gasteiger partial charge in [-0.15, -0.1) is 0 Å². The number of benzene rings is 1. The Morgan fingerprint density at radius 2 is 2.00 bits per heavy atom. The summed E-state index contributed by atoms with van der Waals surface area (Å²) in [5.74, 6) is -0.311. The quantitative estimate of drug-likeness (QED) is 0.913. The highest BCUT2D eigenvalue weighted by Crippen LogP contribution is 2.18. The largest absolute Gasteiger partial charge is 0.487 e. The number of ether oxygens (including phenoxy) is 1. The number of carbonyl (C=O) groups is 1. The van der Waals surface area contributed by atoms with Gasteiger partial charge in [0.25, 0.3) is 0 Å². The number of carboxylic acid groups (broad SMARTS) is 1. The molecule has 0 saturated carbocycles. The van der Waals surface area contributed by atoms with Gasteiger partial charge in [-0.25, -0.2) is 0 Å². The third-order valence-corrected chi connectivity index (χ3v) is 2.74. The highest BCUT2D eigenvalue weighted by molar-refractivity contribution is 6.30. The molecule has 0 radical (unpaired) electrons. The van der Waals surface area contributed by atoms with E-state index in [1.54, 1.807) is 18.3 Å². The first-order chi connectivity index (χ1) is 9.15. The molecule has 1 aromatic carbocycles. The van der Waals surface area contributed by atoms with E-state index < -0.39 is 5.97 Å². The monoisotopic (exact) mass is 277 g/mol. The molecule has 98 valence electrons. The van der Waals surface area contributed by atoms with Gasteiger partial charge in [0.15, 0.2) is 0 Å². The smallest absolute Gasteiger partial charge is 0.307 e. The predicted molar refractivity (Wildman–Crippen MR) is 71.4 cm³/mol. The number of carboxylic acids is 1. The van der Waals surface area contributed by atoms with Crippen molar-refractivity contribution in [2.24, 2.45) is 0 Å². The summed E-state index contributed by atoms with van der Waals surface area (Å²) in [6.45, 7) is 0.283. The lowest BCUT2D eigenvalue weighted by Gasteiger charge is -2.09. The fourth-order valence-corrected chi connectivity index (χ4v) is 1.83. The van der Waals surface area contributed by atoms with Gasteiger partial charge in [-0.2, -0.15) is 0 Å². The second-order valence-electron chi connectivity index (χ2n) is 3.97. The maximum Gasteiger partial charge on any atom is 0.307 e. The average Bonchev–Trinajstić information content (AvgIpc) is 2.37. The van der Waals surface area contributed by atoms with E-state index in [0.717, 1.165) is 11.1 Å². The molecule has 0 fully saturated rings. The normalized spacial score (nSPS) is 10.2. The van der Waals surface area contributed by atoms with Crippen LogP contribution >= 0.6 is 11.6 Å². The highest BCUT2D eigenvalue weighted by atomic mass is 35.5. The minimum Gasteiger partial charge on any atom is -0.487 e. The van der Waals surface area contributed by atoms with E-state index in [-0.39, 0.29) is 13.0 Å². The Balaban J connectivity index is 2.09. The van der Waals surface area contributed by atoms with Crippen molar-refractivity contribution in [3.8, 4) is 5.75 Å². The molecular formula is C14H12ClNO3. The third kappa shape index (κ3) is 3.96. The molecule has 4 nitrogen and oxygen atoms in total. The molecule has 1 N–H and O–H groups in total. The van der Waals surface area contributed by atoms with Crippen molar-refractivity contribution in [1.82, 2.24) is 4.98 Å². The molecule has 0 aliphatic carbocycles. The van der Waals surface area contributed by atoms with E-state index in [2.05, 4.69) is 4.98 Å². The Morgan fingerprint density at radius 1 is 1.26 bits per heavy atom. The molecule has 5 heteroatoms. The van der Waals surface area contributed by atoms with Crippen molar-refractivity contribution in [2.45, 2.75) is 13.0 Å². The topological polar surface area (TPSA) is 59.4 Å². The van der Waals surface area contributed by atoms with E-state index >= 15 is 0 Å². The maximum absolute atomic E-state index is 10.8. The van der Waals surface area contributed by atoms with Crippen LogP contribution < -0.4 is 4.74 Å². The number of hydrogen-bond donors (Lipinski definition) is 1. The molecule has 2 rings (SSSR count). The van der Waals surface area contributed by atoms with Gasteiger partial charge in [0.05, 0.1) is 17.6 Å². The fourth-order valence-electron chi connectivity index (χ4n) is 1.67. The number of rotatable bonds is 5. The molecule has 0 unspecified atom stereocenters. The van der Waals surface area contributed by atoms with Gasteiger partial charge in [0, 0.05) is 12.3 Å². The molecular weight excluding hydrogens is 266 g/mol. The summed E-state index contributed by atoms with van der Waals surface area (Å²) in [4.78, 5) is 14.7. The lowest BCUT2D eigenvalue weighted by molar-refractivity contribution is -0.136. The van der Waals surface area contributed by atoms with Crippen LogP contribution in [0.15, 0.2) is 42.7 Å². The van der Waals surface area contributed by atoms with Crippen LogP contribution in [0, 0.1) is 0 Å². The highest BCUT2D eigenvalue weighted by Gasteiger charge is 2.07. The Kier molecular flexibility index (Phi) is 4.36. The Hall–Kier alpha value is -2.07. The number of hydrogen-bond acceptors (Lipinski definition) is 3. The zero-order valence-electron chi connectivity index (χ0n) is 10.0. The van der Waals surface area contributed by atoms with Crippen LogP contribution in [0.4, 0.5) is 0 Å². The lowest BCUT2D eigenvalue weighted by atomic mass is 10.1. The minimum absolute atomic E-state index is 0.0205. The molecule has 0 bridgehead atoms. The Morgan fingerprint density at radius 3 is 2.68 bits per heavy atom. The van der Waals surface area contributed by atoms with Crippen LogP contribution in [-0.2, 0) is 17.8 Å². The maximum atomic E-state index is 10.8. The van der Waals surface area contributed by atoms with Gasteiger partial charge >= 0.3 is 5.97 Å². The van der Waals surface area contributed by atoms with Gasteiger partial charge in [0.1, 0.15) is 12.4 Å². The van der Waals surface area contributed by atoms with Gasteiger partial charge in [-0.05, 0) is 11.1 Å².